The maximum absolute atomic E-state index is 12.5. The van der Waals surface area contributed by atoms with E-state index in [2.05, 4.69) is 15.8 Å². The standard InChI is InChI=1S/C17H20N4O4/c1-11-10-25-9-8-21(11)17(24)12-2-4-13(5-3-12)18-16(23)14-6-7-15(22)20-19-14/h2-5,11H,6-10H2,1H3,(H,18,23)(H,20,22). The van der Waals surface area contributed by atoms with Crippen LogP contribution in [0.1, 0.15) is 30.1 Å². The molecule has 0 spiro atoms. The maximum atomic E-state index is 12.5. The second kappa shape index (κ2) is 7.43. The summed E-state index contributed by atoms with van der Waals surface area (Å²) >= 11 is 0. The molecule has 0 saturated carbocycles. The summed E-state index contributed by atoms with van der Waals surface area (Å²) < 4.78 is 5.35. The fourth-order valence-electron chi connectivity index (χ4n) is 2.73. The number of amides is 3. The first-order chi connectivity index (χ1) is 12.0. The molecule has 25 heavy (non-hydrogen) atoms. The Bertz CT molecular complexity index is 714. The lowest BCUT2D eigenvalue weighted by Crippen LogP contribution is -2.47. The Morgan fingerprint density at radius 2 is 2.04 bits per heavy atom. The molecule has 1 unspecified atom stereocenters. The number of hydrogen-bond acceptors (Lipinski definition) is 5. The van der Waals surface area contributed by atoms with E-state index in [1.807, 2.05) is 6.92 Å². The molecule has 8 nitrogen and oxygen atoms in total. The Labute approximate surface area is 145 Å². The van der Waals surface area contributed by atoms with Gasteiger partial charge in [0, 0.05) is 30.6 Å². The molecule has 132 valence electrons. The molecule has 1 aromatic carbocycles. The summed E-state index contributed by atoms with van der Waals surface area (Å²) in [7, 11) is 0. The minimum absolute atomic E-state index is 0.0418. The van der Waals surface area contributed by atoms with Crippen molar-refractivity contribution >= 4 is 29.1 Å². The highest BCUT2D eigenvalue weighted by Crippen LogP contribution is 2.15. The number of nitrogens with one attached hydrogen (secondary N) is 2. The van der Waals surface area contributed by atoms with E-state index in [-0.39, 0.29) is 35.9 Å². The van der Waals surface area contributed by atoms with Crippen molar-refractivity contribution in [2.24, 2.45) is 5.10 Å². The fourth-order valence-corrected chi connectivity index (χ4v) is 2.73. The van der Waals surface area contributed by atoms with E-state index in [4.69, 9.17) is 4.74 Å². The Morgan fingerprint density at radius 1 is 1.28 bits per heavy atom. The van der Waals surface area contributed by atoms with Gasteiger partial charge in [-0.1, -0.05) is 0 Å². The van der Waals surface area contributed by atoms with Gasteiger partial charge in [0.15, 0.2) is 0 Å². The zero-order valence-electron chi connectivity index (χ0n) is 13.9. The van der Waals surface area contributed by atoms with E-state index < -0.39 is 0 Å². The van der Waals surface area contributed by atoms with Gasteiger partial charge in [0.2, 0.25) is 5.91 Å². The van der Waals surface area contributed by atoms with Crippen LogP contribution in [0.4, 0.5) is 5.69 Å². The lowest BCUT2D eigenvalue weighted by molar-refractivity contribution is -0.121. The molecule has 2 N–H and O–H groups in total. The third kappa shape index (κ3) is 4.03. The highest BCUT2D eigenvalue weighted by Gasteiger charge is 2.24. The van der Waals surface area contributed by atoms with Crippen molar-refractivity contribution in [3.8, 4) is 0 Å². The van der Waals surface area contributed by atoms with Gasteiger partial charge in [0.05, 0.1) is 19.3 Å². The quantitative estimate of drug-likeness (QED) is 0.845. The zero-order chi connectivity index (χ0) is 17.8. The van der Waals surface area contributed by atoms with Crippen LogP contribution in [-0.2, 0) is 14.3 Å². The van der Waals surface area contributed by atoms with Crippen molar-refractivity contribution < 1.29 is 19.1 Å². The molecule has 8 heteroatoms. The van der Waals surface area contributed by atoms with Crippen LogP contribution in [-0.4, -0.2) is 54.1 Å². The Balaban J connectivity index is 1.63. The van der Waals surface area contributed by atoms with Gasteiger partial charge in [-0.25, -0.2) is 5.43 Å². The molecular weight excluding hydrogens is 324 g/mol. The predicted molar refractivity (Wildman–Crippen MR) is 91.2 cm³/mol. The van der Waals surface area contributed by atoms with Gasteiger partial charge in [-0.3, -0.25) is 14.4 Å². The molecule has 0 aliphatic carbocycles. The number of benzene rings is 1. The van der Waals surface area contributed by atoms with Crippen LogP contribution >= 0.6 is 0 Å². The Hall–Kier alpha value is -2.74. The lowest BCUT2D eigenvalue weighted by atomic mass is 10.1. The van der Waals surface area contributed by atoms with Crippen LogP contribution in [0, 0.1) is 0 Å². The molecule has 1 saturated heterocycles. The van der Waals surface area contributed by atoms with Gasteiger partial charge in [0.25, 0.3) is 11.8 Å². The van der Waals surface area contributed by atoms with Gasteiger partial charge >= 0.3 is 0 Å². The van der Waals surface area contributed by atoms with Crippen molar-refractivity contribution in [2.75, 3.05) is 25.1 Å². The van der Waals surface area contributed by atoms with Crippen molar-refractivity contribution in [3.63, 3.8) is 0 Å². The minimum Gasteiger partial charge on any atom is -0.377 e. The van der Waals surface area contributed by atoms with Crippen LogP contribution < -0.4 is 10.7 Å². The van der Waals surface area contributed by atoms with Gasteiger partial charge in [-0.2, -0.15) is 5.10 Å². The average Bonchev–Trinajstić information content (AvgIpc) is 2.63. The Kier molecular flexibility index (Phi) is 5.08. The van der Waals surface area contributed by atoms with E-state index in [0.717, 1.165) is 0 Å². The average molecular weight is 344 g/mol. The fraction of sp³-hybridized carbons (Fsp3) is 0.412. The number of hydrazone groups is 1. The third-order valence-corrected chi connectivity index (χ3v) is 4.18. The van der Waals surface area contributed by atoms with Crippen molar-refractivity contribution in [1.29, 1.82) is 0 Å². The number of nitrogens with zero attached hydrogens (tertiary/aromatic N) is 2. The SMILES string of the molecule is CC1COCCN1C(=O)c1ccc(NC(=O)C2=NNC(=O)CC2)cc1. The second-order valence-electron chi connectivity index (χ2n) is 6.05. The molecule has 0 radical (unpaired) electrons. The monoisotopic (exact) mass is 344 g/mol. The van der Waals surface area contributed by atoms with Crippen LogP contribution in [0.3, 0.4) is 0 Å². The zero-order valence-corrected chi connectivity index (χ0v) is 13.9. The first-order valence-corrected chi connectivity index (χ1v) is 8.20. The molecule has 1 aromatic rings. The number of hydrogen-bond donors (Lipinski definition) is 2. The number of rotatable bonds is 3. The summed E-state index contributed by atoms with van der Waals surface area (Å²) in [4.78, 5) is 37.5. The smallest absolute Gasteiger partial charge is 0.271 e. The molecule has 0 aromatic heterocycles. The van der Waals surface area contributed by atoms with Crippen LogP contribution in [0.2, 0.25) is 0 Å². The van der Waals surface area contributed by atoms with Crippen LogP contribution in [0.15, 0.2) is 29.4 Å². The topological polar surface area (TPSA) is 100 Å². The van der Waals surface area contributed by atoms with Crippen molar-refractivity contribution in [2.45, 2.75) is 25.8 Å². The summed E-state index contributed by atoms with van der Waals surface area (Å²) in [6.45, 7) is 3.61. The molecule has 2 aliphatic heterocycles. The van der Waals surface area contributed by atoms with E-state index in [9.17, 15) is 14.4 Å². The van der Waals surface area contributed by atoms with Crippen molar-refractivity contribution in [1.82, 2.24) is 10.3 Å². The van der Waals surface area contributed by atoms with E-state index >= 15 is 0 Å². The summed E-state index contributed by atoms with van der Waals surface area (Å²) in [6.07, 6.45) is 0.556. The van der Waals surface area contributed by atoms with E-state index in [1.54, 1.807) is 29.2 Å². The van der Waals surface area contributed by atoms with E-state index in [0.29, 0.717) is 37.4 Å². The van der Waals surface area contributed by atoms with Gasteiger partial charge in [-0.05, 0) is 31.2 Å². The predicted octanol–water partition coefficient (Wildman–Crippen LogP) is 0.752. The highest BCUT2D eigenvalue weighted by atomic mass is 16.5. The summed E-state index contributed by atoms with van der Waals surface area (Å²) in [6, 6.07) is 6.77. The first-order valence-electron chi connectivity index (χ1n) is 8.20. The maximum Gasteiger partial charge on any atom is 0.271 e. The largest absolute Gasteiger partial charge is 0.377 e. The molecule has 0 bridgehead atoms. The van der Waals surface area contributed by atoms with E-state index in [1.165, 1.54) is 0 Å². The highest BCUT2D eigenvalue weighted by molar-refractivity contribution is 6.43. The number of carbonyl (C=O) groups is 3. The molecule has 3 rings (SSSR count). The second-order valence-corrected chi connectivity index (χ2v) is 6.05. The molecule has 1 atom stereocenters. The van der Waals surface area contributed by atoms with Crippen LogP contribution in [0.5, 0.6) is 0 Å². The van der Waals surface area contributed by atoms with Crippen molar-refractivity contribution in [3.05, 3.63) is 29.8 Å². The summed E-state index contributed by atoms with van der Waals surface area (Å²) in [5, 5.41) is 6.47. The molecule has 1 fully saturated rings. The van der Waals surface area contributed by atoms with Crippen LogP contribution in [0.25, 0.3) is 0 Å². The molecule has 2 heterocycles. The molecular formula is C17H20N4O4. The normalized spacial score (nSPS) is 20.5. The number of ether oxygens (including phenoxy) is 1. The molecule has 3 amide bonds. The number of carbonyl (C=O) groups excluding carboxylic acids is 3. The summed E-state index contributed by atoms with van der Waals surface area (Å²) in [5.41, 5.74) is 3.70. The number of anilines is 1. The van der Waals surface area contributed by atoms with Gasteiger partial charge in [-0.15, -0.1) is 0 Å². The summed E-state index contributed by atoms with van der Waals surface area (Å²) in [5.74, 6) is -0.606. The molecule has 2 aliphatic rings. The first kappa shape index (κ1) is 17.1. The minimum atomic E-state index is -0.360. The number of morpholine rings is 1. The lowest BCUT2D eigenvalue weighted by Gasteiger charge is -2.33. The van der Waals surface area contributed by atoms with Gasteiger partial charge in [0.1, 0.15) is 5.71 Å². The van der Waals surface area contributed by atoms with Gasteiger partial charge < -0.3 is 15.0 Å². The third-order valence-electron chi connectivity index (χ3n) is 4.18. The Morgan fingerprint density at radius 3 is 2.68 bits per heavy atom.